The highest BCUT2D eigenvalue weighted by molar-refractivity contribution is 5.96. The minimum absolute atomic E-state index is 0.122. The van der Waals surface area contributed by atoms with Crippen molar-refractivity contribution >= 4 is 17.7 Å². The monoisotopic (exact) mass is 626 g/mol. The molecule has 1 fully saturated rings. The predicted octanol–water partition coefficient (Wildman–Crippen LogP) is 3.06. The number of aromatic nitrogens is 1. The molecule has 12 heteroatoms. The minimum atomic E-state index is -0.526. The molecule has 0 saturated carbocycles. The first kappa shape index (κ1) is 30.5. The number of fused-ring (bicyclic) bond motifs is 7. The number of benzene rings is 3. The fourth-order valence-corrected chi connectivity index (χ4v) is 5.61. The van der Waals surface area contributed by atoms with Gasteiger partial charge in [0.2, 0.25) is 5.91 Å². The molecule has 1 aromatic heterocycles. The van der Waals surface area contributed by atoms with Gasteiger partial charge in [-0.1, -0.05) is 24.3 Å². The Morgan fingerprint density at radius 2 is 1.83 bits per heavy atom. The van der Waals surface area contributed by atoms with Gasteiger partial charge in [-0.05, 0) is 53.6 Å². The van der Waals surface area contributed by atoms with Crippen molar-refractivity contribution in [2.24, 2.45) is 0 Å². The van der Waals surface area contributed by atoms with Crippen LogP contribution in [0.25, 0.3) is 11.1 Å². The van der Waals surface area contributed by atoms with Crippen molar-refractivity contribution in [3.05, 3.63) is 100 Å². The van der Waals surface area contributed by atoms with Crippen LogP contribution in [0.3, 0.4) is 0 Å². The van der Waals surface area contributed by atoms with Crippen LogP contribution in [0.2, 0.25) is 0 Å². The van der Waals surface area contributed by atoms with Crippen LogP contribution in [0.4, 0.5) is 0 Å². The van der Waals surface area contributed by atoms with Crippen molar-refractivity contribution in [1.82, 2.24) is 20.7 Å². The maximum absolute atomic E-state index is 13.8. The van der Waals surface area contributed by atoms with Crippen molar-refractivity contribution in [3.8, 4) is 28.4 Å². The van der Waals surface area contributed by atoms with Crippen molar-refractivity contribution in [2.45, 2.75) is 38.0 Å². The molecular formula is C34H34N4O8. The molecular weight excluding hydrogens is 592 g/mol. The Kier molecular flexibility index (Phi) is 9.04. The normalized spacial score (nSPS) is 18.3. The molecule has 3 N–H and O–H groups in total. The molecule has 12 nitrogen and oxygen atoms in total. The summed E-state index contributed by atoms with van der Waals surface area (Å²) in [6.45, 7) is 0.828. The van der Waals surface area contributed by atoms with E-state index in [1.165, 1.54) is 6.07 Å². The number of nitrogens with one attached hydrogen (secondary N) is 3. The summed E-state index contributed by atoms with van der Waals surface area (Å²) in [5.74, 6) is 1.34. The maximum Gasteiger partial charge on any atom is 0.280 e. The van der Waals surface area contributed by atoms with Gasteiger partial charge < -0.3 is 34.3 Å². The summed E-state index contributed by atoms with van der Waals surface area (Å²) in [6.07, 6.45) is 0.487. The van der Waals surface area contributed by atoms with Gasteiger partial charge in [-0.2, -0.15) is 5.16 Å². The molecule has 7 rings (SSSR count). The van der Waals surface area contributed by atoms with Crippen LogP contribution in [-0.4, -0.2) is 66.7 Å². The first-order valence-corrected chi connectivity index (χ1v) is 15.0. The Morgan fingerprint density at radius 1 is 0.978 bits per heavy atom. The van der Waals surface area contributed by atoms with Crippen LogP contribution in [0.1, 0.15) is 34.5 Å². The van der Waals surface area contributed by atoms with Gasteiger partial charge in [0, 0.05) is 56.1 Å². The molecule has 4 heterocycles. The highest BCUT2D eigenvalue weighted by Crippen LogP contribution is 2.33. The van der Waals surface area contributed by atoms with Gasteiger partial charge in [0.05, 0.1) is 13.2 Å². The second-order valence-corrected chi connectivity index (χ2v) is 11.2. The third-order valence-corrected chi connectivity index (χ3v) is 8.06. The largest absolute Gasteiger partial charge is 0.496 e. The lowest BCUT2D eigenvalue weighted by Gasteiger charge is -2.39. The van der Waals surface area contributed by atoms with E-state index in [1.54, 1.807) is 42.3 Å². The van der Waals surface area contributed by atoms with E-state index in [2.05, 4.69) is 15.8 Å². The van der Waals surface area contributed by atoms with Crippen LogP contribution in [-0.2, 0) is 22.6 Å². The molecule has 0 spiro atoms. The quantitative estimate of drug-likeness (QED) is 0.313. The topological polar surface area (TPSA) is 152 Å². The fourth-order valence-electron chi connectivity index (χ4n) is 5.61. The van der Waals surface area contributed by atoms with E-state index in [9.17, 15) is 19.2 Å². The van der Waals surface area contributed by atoms with Gasteiger partial charge >= 0.3 is 0 Å². The summed E-state index contributed by atoms with van der Waals surface area (Å²) in [4.78, 5) is 52.5. The summed E-state index contributed by atoms with van der Waals surface area (Å²) in [5.41, 5.74) is 2.33. The lowest BCUT2D eigenvalue weighted by atomic mass is 9.98. The SMILES string of the molecule is COc1ccc2cc1-c1cccc(c1)OCC(=O)NCc1ccc(cc1)O[C@@H]1CCN(C(=O)CCc3cc(=O)[nH]o3)C[C@H]1NC2=O. The Labute approximate surface area is 264 Å². The smallest absolute Gasteiger partial charge is 0.280 e. The number of likely N-dealkylation sites (tertiary alicyclic amines) is 1. The van der Waals surface area contributed by atoms with Gasteiger partial charge in [-0.25, -0.2) is 0 Å². The standard InChI is InChI=1S/C34H34N4O8/c1-43-29-11-7-23-16-27(29)22-3-2-4-25(15-22)44-20-32(40)35-18-21-5-8-24(9-6-21)45-30-13-14-38(19-28(30)36-34(23)42)33(41)12-10-26-17-31(39)37-46-26/h2-9,11,15-17,28,30H,10,12-14,18-20H2,1H3,(H,35,40)(H,36,42)(H,37,39)/t28-,30-/m1/s1. The highest BCUT2D eigenvalue weighted by atomic mass is 16.5. The summed E-state index contributed by atoms with van der Waals surface area (Å²) < 4.78 is 22.8. The molecule has 3 amide bonds. The van der Waals surface area contributed by atoms with E-state index >= 15 is 0 Å². The zero-order valence-corrected chi connectivity index (χ0v) is 25.2. The van der Waals surface area contributed by atoms with E-state index in [4.69, 9.17) is 18.7 Å². The summed E-state index contributed by atoms with van der Waals surface area (Å²) >= 11 is 0. The van der Waals surface area contributed by atoms with Crippen molar-refractivity contribution in [2.75, 3.05) is 26.8 Å². The molecule has 4 aromatic rings. The third kappa shape index (κ3) is 7.23. The van der Waals surface area contributed by atoms with E-state index in [0.717, 1.165) is 11.1 Å². The Balaban J connectivity index is 1.29. The molecule has 1 saturated heterocycles. The van der Waals surface area contributed by atoms with Gasteiger partial charge in [0.1, 0.15) is 29.1 Å². The van der Waals surface area contributed by atoms with Crippen LogP contribution in [0, 0.1) is 0 Å². The molecule has 238 valence electrons. The number of methoxy groups -OCH3 is 1. The molecule has 0 aliphatic carbocycles. The number of aryl methyl sites for hydroxylation is 1. The summed E-state index contributed by atoms with van der Waals surface area (Å²) in [5, 5.41) is 8.22. The number of rotatable bonds is 4. The van der Waals surface area contributed by atoms with E-state index in [0.29, 0.717) is 53.6 Å². The first-order valence-electron chi connectivity index (χ1n) is 15.0. The molecule has 3 aliphatic heterocycles. The van der Waals surface area contributed by atoms with Gasteiger partial charge in [0.15, 0.2) is 6.61 Å². The number of amides is 3. The van der Waals surface area contributed by atoms with Crippen LogP contribution < -0.4 is 30.4 Å². The van der Waals surface area contributed by atoms with Crippen molar-refractivity contribution < 1.29 is 33.1 Å². The Morgan fingerprint density at radius 3 is 2.61 bits per heavy atom. The number of carbonyl (C=O) groups excluding carboxylic acids is 3. The zero-order valence-electron chi connectivity index (χ0n) is 25.2. The highest BCUT2D eigenvalue weighted by Gasteiger charge is 2.34. The maximum atomic E-state index is 13.8. The predicted molar refractivity (Wildman–Crippen MR) is 167 cm³/mol. The number of aromatic amines is 1. The second-order valence-electron chi connectivity index (χ2n) is 11.2. The van der Waals surface area contributed by atoms with Crippen LogP contribution >= 0.6 is 0 Å². The lowest BCUT2D eigenvalue weighted by molar-refractivity contribution is -0.133. The van der Waals surface area contributed by atoms with E-state index < -0.39 is 12.1 Å². The zero-order chi connectivity index (χ0) is 32.0. The number of ether oxygens (including phenoxy) is 3. The van der Waals surface area contributed by atoms with Gasteiger partial charge in [0.25, 0.3) is 17.4 Å². The Bertz CT molecular complexity index is 1780. The van der Waals surface area contributed by atoms with E-state index in [-0.39, 0.29) is 49.3 Å². The van der Waals surface area contributed by atoms with Crippen LogP contribution in [0.5, 0.6) is 17.2 Å². The second kappa shape index (κ2) is 13.6. The summed E-state index contributed by atoms with van der Waals surface area (Å²) in [6, 6.07) is 20.5. The lowest BCUT2D eigenvalue weighted by Crippen LogP contribution is -2.58. The molecule has 3 aliphatic rings. The number of hydrogen-bond donors (Lipinski definition) is 3. The first-order chi connectivity index (χ1) is 22.3. The number of hydrogen-bond acceptors (Lipinski definition) is 8. The van der Waals surface area contributed by atoms with E-state index in [1.807, 2.05) is 36.4 Å². The van der Waals surface area contributed by atoms with Crippen molar-refractivity contribution in [1.29, 1.82) is 0 Å². The number of nitrogens with zero attached hydrogens (tertiary/aromatic N) is 1. The molecule has 0 radical (unpaired) electrons. The molecule has 3 aromatic carbocycles. The fraction of sp³-hybridized carbons (Fsp3) is 0.294. The molecule has 6 bridgehead atoms. The van der Waals surface area contributed by atoms with Gasteiger partial charge in [-0.15, -0.1) is 0 Å². The third-order valence-electron chi connectivity index (χ3n) is 8.06. The Hall–Kier alpha value is -5.52. The van der Waals surface area contributed by atoms with Crippen molar-refractivity contribution in [3.63, 3.8) is 0 Å². The molecule has 2 atom stereocenters. The average molecular weight is 627 g/mol. The van der Waals surface area contributed by atoms with Gasteiger partial charge in [-0.3, -0.25) is 19.2 Å². The van der Waals surface area contributed by atoms with Crippen LogP contribution in [0.15, 0.2) is 82.1 Å². The number of piperidine rings is 1. The minimum Gasteiger partial charge on any atom is -0.496 e. The number of carbonyl (C=O) groups is 3. The summed E-state index contributed by atoms with van der Waals surface area (Å²) in [7, 11) is 1.55. The molecule has 46 heavy (non-hydrogen) atoms. The number of H-pyrrole nitrogens is 1. The average Bonchev–Trinajstić information content (AvgIpc) is 3.50. The molecule has 0 unspecified atom stereocenters.